The van der Waals surface area contributed by atoms with E-state index >= 15 is 0 Å². The summed E-state index contributed by atoms with van der Waals surface area (Å²) in [5, 5.41) is 0. The molecule has 14 heavy (non-hydrogen) atoms. The number of amides is 1. The summed E-state index contributed by atoms with van der Waals surface area (Å²) in [7, 11) is 0. The molecule has 2 fully saturated rings. The average Bonchev–Trinajstić information content (AvgIpc) is 2.41. The Hall–Kier alpha value is -0.570. The first-order chi connectivity index (χ1) is 6.72. The van der Waals surface area contributed by atoms with Gasteiger partial charge in [0.05, 0.1) is 5.54 Å². The molecule has 1 aliphatic carbocycles. The molecule has 0 aromatic rings. The highest BCUT2D eigenvalue weighted by atomic mass is 16.2. The number of nitrogens with zero attached hydrogens (tertiary/aromatic N) is 1. The predicted molar refractivity (Wildman–Crippen MR) is 55.8 cm³/mol. The smallest absolute Gasteiger partial charge is 0.242 e. The van der Waals surface area contributed by atoms with Crippen LogP contribution in [0.1, 0.15) is 44.9 Å². The van der Waals surface area contributed by atoms with Gasteiger partial charge in [-0.2, -0.15) is 0 Å². The maximum Gasteiger partial charge on any atom is 0.242 e. The molecule has 0 bridgehead atoms. The van der Waals surface area contributed by atoms with Gasteiger partial charge in [-0.3, -0.25) is 4.79 Å². The minimum absolute atomic E-state index is 0.214. The number of likely N-dealkylation sites (tertiary alicyclic amines) is 1. The molecule has 1 heterocycles. The monoisotopic (exact) mass is 196 g/mol. The van der Waals surface area contributed by atoms with Gasteiger partial charge in [0.2, 0.25) is 5.91 Å². The minimum Gasteiger partial charge on any atom is -0.341 e. The molecule has 0 unspecified atom stereocenters. The first kappa shape index (κ1) is 9.97. The lowest BCUT2D eigenvalue weighted by Crippen LogP contribution is -2.59. The van der Waals surface area contributed by atoms with Gasteiger partial charge >= 0.3 is 0 Å². The molecule has 1 aliphatic heterocycles. The molecule has 2 rings (SSSR count). The van der Waals surface area contributed by atoms with E-state index in [0.717, 1.165) is 45.2 Å². The lowest BCUT2D eigenvalue weighted by atomic mass is 9.76. The van der Waals surface area contributed by atoms with Crippen LogP contribution in [0.3, 0.4) is 0 Å². The van der Waals surface area contributed by atoms with Crippen LogP contribution in [0.15, 0.2) is 0 Å². The number of carbonyl (C=O) groups excluding carboxylic acids is 1. The van der Waals surface area contributed by atoms with Crippen LogP contribution in [0.25, 0.3) is 0 Å². The van der Waals surface area contributed by atoms with Gasteiger partial charge in [0.25, 0.3) is 0 Å². The van der Waals surface area contributed by atoms with Gasteiger partial charge < -0.3 is 10.6 Å². The first-order valence-electron chi connectivity index (χ1n) is 5.81. The van der Waals surface area contributed by atoms with Crippen molar-refractivity contribution >= 4 is 5.91 Å². The topological polar surface area (TPSA) is 46.3 Å². The van der Waals surface area contributed by atoms with Crippen molar-refractivity contribution in [2.75, 3.05) is 13.1 Å². The summed E-state index contributed by atoms with van der Waals surface area (Å²) in [5.74, 6) is 0.214. The second-order valence-corrected chi connectivity index (χ2v) is 4.72. The summed E-state index contributed by atoms with van der Waals surface area (Å²) in [4.78, 5) is 14.0. The highest BCUT2D eigenvalue weighted by molar-refractivity contribution is 5.87. The van der Waals surface area contributed by atoms with Crippen molar-refractivity contribution in [3.63, 3.8) is 0 Å². The van der Waals surface area contributed by atoms with Crippen molar-refractivity contribution < 1.29 is 4.79 Å². The summed E-state index contributed by atoms with van der Waals surface area (Å²) in [6, 6.07) is 0. The van der Waals surface area contributed by atoms with E-state index in [-0.39, 0.29) is 5.91 Å². The van der Waals surface area contributed by atoms with Crippen LogP contribution in [-0.4, -0.2) is 29.4 Å². The summed E-state index contributed by atoms with van der Waals surface area (Å²) in [5.41, 5.74) is 5.56. The molecule has 0 spiro atoms. The lowest BCUT2D eigenvalue weighted by molar-refractivity contribution is -0.140. The molecule has 1 amide bonds. The zero-order valence-corrected chi connectivity index (χ0v) is 8.80. The molecule has 0 radical (unpaired) electrons. The number of nitrogens with two attached hydrogens (primary N) is 1. The Bertz CT molecular complexity index is 215. The van der Waals surface area contributed by atoms with E-state index in [1.54, 1.807) is 0 Å². The molecular formula is C11H20N2O. The van der Waals surface area contributed by atoms with Crippen LogP contribution in [0.4, 0.5) is 0 Å². The number of carbonyl (C=O) groups is 1. The SMILES string of the molecule is NC1(C(=O)N2CCCCCC2)CCC1. The van der Waals surface area contributed by atoms with Crippen LogP contribution in [0, 0.1) is 0 Å². The van der Waals surface area contributed by atoms with Gasteiger partial charge in [-0.05, 0) is 32.1 Å². The van der Waals surface area contributed by atoms with Gasteiger partial charge in [-0.15, -0.1) is 0 Å². The van der Waals surface area contributed by atoms with Crippen molar-refractivity contribution in [1.82, 2.24) is 4.90 Å². The Morgan fingerprint density at radius 2 is 1.57 bits per heavy atom. The van der Waals surface area contributed by atoms with Crippen molar-refractivity contribution in [2.45, 2.75) is 50.5 Å². The minimum atomic E-state index is -0.482. The lowest BCUT2D eigenvalue weighted by Gasteiger charge is -2.40. The average molecular weight is 196 g/mol. The van der Waals surface area contributed by atoms with Crippen molar-refractivity contribution in [3.8, 4) is 0 Å². The van der Waals surface area contributed by atoms with Crippen LogP contribution >= 0.6 is 0 Å². The van der Waals surface area contributed by atoms with Gasteiger partial charge in [0.15, 0.2) is 0 Å². The summed E-state index contributed by atoms with van der Waals surface area (Å²) >= 11 is 0. The van der Waals surface area contributed by atoms with Crippen molar-refractivity contribution in [2.24, 2.45) is 5.73 Å². The fraction of sp³-hybridized carbons (Fsp3) is 0.909. The molecule has 0 atom stereocenters. The number of hydrogen-bond donors (Lipinski definition) is 1. The maximum atomic E-state index is 12.1. The molecule has 3 heteroatoms. The molecule has 2 N–H and O–H groups in total. The van der Waals surface area contributed by atoms with E-state index in [1.807, 2.05) is 4.90 Å². The Morgan fingerprint density at radius 1 is 1.00 bits per heavy atom. The quantitative estimate of drug-likeness (QED) is 0.686. The maximum absolute atomic E-state index is 12.1. The fourth-order valence-corrected chi connectivity index (χ4v) is 2.36. The first-order valence-corrected chi connectivity index (χ1v) is 5.81. The molecule has 1 saturated heterocycles. The van der Waals surface area contributed by atoms with Gasteiger partial charge in [0.1, 0.15) is 0 Å². The molecule has 0 aromatic carbocycles. The zero-order valence-electron chi connectivity index (χ0n) is 8.80. The Kier molecular flexibility index (Phi) is 2.77. The van der Waals surface area contributed by atoms with Crippen LogP contribution < -0.4 is 5.73 Å². The largest absolute Gasteiger partial charge is 0.341 e. The normalized spacial score (nSPS) is 26.5. The van der Waals surface area contributed by atoms with E-state index in [2.05, 4.69) is 0 Å². The third-order valence-corrected chi connectivity index (χ3v) is 3.56. The molecule has 1 saturated carbocycles. The summed E-state index contributed by atoms with van der Waals surface area (Å²) in [6.45, 7) is 1.86. The molecule has 80 valence electrons. The second kappa shape index (κ2) is 3.89. The van der Waals surface area contributed by atoms with E-state index < -0.39 is 5.54 Å². The van der Waals surface area contributed by atoms with E-state index in [4.69, 9.17) is 5.73 Å². The fourth-order valence-electron chi connectivity index (χ4n) is 2.36. The van der Waals surface area contributed by atoms with E-state index in [9.17, 15) is 4.79 Å². The van der Waals surface area contributed by atoms with Gasteiger partial charge in [0, 0.05) is 13.1 Å². The van der Waals surface area contributed by atoms with Crippen molar-refractivity contribution in [1.29, 1.82) is 0 Å². The Balaban J connectivity index is 1.95. The molecule has 2 aliphatic rings. The standard InChI is InChI=1S/C11H20N2O/c12-11(6-5-7-11)10(14)13-8-3-1-2-4-9-13/h1-9,12H2. The third kappa shape index (κ3) is 1.78. The van der Waals surface area contributed by atoms with Crippen LogP contribution in [0.2, 0.25) is 0 Å². The van der Waals surface area contributed by atoms with Crippen LogP contribution in [-0.2, 0) is 4.79 Å². The Morgan fingerprint density at radius 3 is 2.00 bits per heavy atom. The molecule has 0 aromatic heterocycles. The summed E-state index contributed by atoms with van der Waals surface area (Å²) < 4.78 is 0. The highest BCUT2D eigenvalue weighted by Crippen LogP contribution is 2.31. The van der Waals surface area contributed by atoms with Crippen molar-refractivity contribution in [3.05, 3.63) is 0 Å². The molecule has 3 nitrogen and oxygen atoms in total. The van der Waals surface area contributed by atoms with Crippen LogP contribution in [0.5, 0.6) is 0 Å². The second-order valence-electron chi connectivity index (χ2n) is 4.72. The zero-order chi connectivity index (χ0) is 10.0. The third-order valence-electron chi connectivity index (χ3n) is 3.56. The summed E-state index contributed by atoms with van der Waals surface area (Å²) in [6.07, 6.45) is 7.74. The van der Waals surface area contributed by atoms with Gasteiger partial charge in [-0.25, -0.2) is 0 Å². The van der Waals surface area contributed by atoms with E-state index in [0.29, 0.717) is 0 Å². The Labute approximate surface area is 85.6 Å². The van der Waals surface area contributed by atoms with Gasteiger partial charge in [-0.1, -0.05) is 12.8 Å². The number of hydrogen-bond acceptors (Lipinski definition) is 2. The molecular weight excluding hydrogens is 176 g/mol. The van der Waals surface area contributed by atoms with E-state index in [1.165, 1.54) is 12.8 Å². The highest BCUT2D eigenvalue weighted by Gasteiger charge is 2.42. The predicted octanol–water partition coefficient (Wildman–Crippen LogP) is 1.27. The number of rotatable bonds is 1.